The molecule has 0 N–H and O–H groups in total. The molecule has 0 atom stereocenters. The van der Waals surface area contributed by atoms with E-state index < -0.39 is 0 Å². The molecule has 1 aromatic heterocycles. The highest BCUT2D eigenvalue weighted by atomic mass is 16.3. The maximum atomic E-state index is 6.35. The first-order chi connectivity index (χ1) is 22.0. The third kappa shape index (κ3) is 4.03. The van der Waals surface area contributed by atoms with Crippen molar-refractivity contribution < 1.29 is 4.42 Å². The number of nitrogens with zero attached hydrogens (tertiary/aromatic N) is 1. The average Bonchev–Trinajstić information content (AvgIpc) is 3.56. The van der Waals surface area contributed by atoms with Crippen LogP contribution in [0.25, 0.3) is 55.0 Å². The van der Waals surface area contributed by atoms with Crippen LogP contribution in [-0.4, -0.2) is 0 Å². The van der Waals surface area contributed by atoms with Crippen molar-refractivity contribution in [2.75, 3.05) is 4.90 Å². The molecule has 7 aromatic carbocycles. The fourth-order valence-electron chi connectivity index (χ4n) is 7.30. The summed E-state index contributed by atoms with van der Waals surface area (Å²) in [5, 5.41) is 4.83. The monoisotopic (exact) mass is 577 g/mol. The molecule has 0 fully saturated rings. The Morgan fingerprint density at radius 2 is 1.04 bits per heavy atom. The molecular formula is C43H31NO. The fourth-order valence-corrected chi connectivity index (χ4v) is 7.30. The Morgan fingerprint density at radius 1 is 0.444 bits per heavy atom. The molecule has 0 radical (unpaired) electrons. The van der Waals surface area contributed by atoms with Gasteiger partial charge in [-0.3, -0.25) is 0 Å². The average molecular weight is 578 g/mol. The van der Waals surface area contributed by atoms with Crippen LogP contribution < -0.4 is 4.90 Å². The third-order valence-electron chi connectivity index (χ3n) is 9.64. The van der Waals surface area contributed by atoms with E-state index >= 15 is 0 Å². The molecule has 0 saturated heterocycles. The van der Waals surface area contributed by atoms with E-state index in [9.17, 15) is 0 Å². The molecule has 0 bridgehead atoms. The zero-order valence-electron chi connectivity index (χ0n) is 25.3. The summed E-state index contributed by atoms with van der Waals surface area (Å²) < 4.78 is 6.35. The Bertz CT molecular complexity index is 2400. The van der Waals surface area contributed by atoms with Gasteiger partial charge in [-0.1, -0.05) is 105 Å². The molecule has 2 heteroatoms. The molecule has 0 aliphatic heterocycles. The molecule has 8 aromatic rings. The van der Waals surface area contributed by atoms with Gasteiger partial charge in [0.05, 0.1) is 0 Å². The molecule has 0 unspecified atom stereocenters. The highest BCUT2D eigenvalue weighted by Crippen LogP contribution is 2.52. The van der Waals surface area contributed by atoms with E-state index in [0.717, 1.165) is 39.0 Å². The van der Waals surface area contributed by atoms with Gasteiger partial charge in [-0.15, -0.1) is 0 Å². The zero-order chi connectivity index (χ0) is 30.1. The standard InChI is InChI=1S/C43H31NO/c1-43(2)39-23-21-33(26-38(39)37-24-30-12-6-7-13-31(30)25-40(37)43)44(32-18-16-29(17-19-32)28-10-4-3-5-11-28)34-20-22-36-35-14-8-9-15-41(35)45-42(36)27-34/h3-27H,1-2H3. The Balaban J connectivity index is 1.23. The minimum atomic E-state index is -0.0808. The summed E-state index contributed by atoms with van der Waals surface area (Å²) >= 11 is 0. The Morgan fingerprint density at radius 3 is 1.87 bits per heavy atom. The predicted octanol–water partition coefficient (Wildman–Crippen LogP) is 12.2. The Kier molecular flexibility index (Phi) is 5.58. The van der Waals surface area contributed by atoms with Crippen molar-refractivity contribution in [2.45, 2.75) is 19.3 Å². The summed E-state index contributed by atoms with van der Waals surface area (Å²) in [6.45, 7) is 4.70. The smallest absolute Gasteiger partial charge is 0.137 e. The summed E-state index contributed by atoms with van der Waals surface area (Å²) in [6, 6.07) is 54.7. The van der Waals surface area contributed by atoms with E-state index in [1.165, 1.54) is 44.2 Å². The fraction of sp³-hybridized carbons (Fsp3) is 0.0698. The van der Waals surface area contributed by atoms with Gasteiger partial charge >= 0.3 is 0 Å². The van der Waals surface area contributed by atoms with Crippen molar-refractivity contribution in [3.8, 4) is 22.3 Å². The van der Waals surface area contributed by atoms with Crippen LogP contribution in [0.3, 0.4) is 0 Å². The van der Waals surface area contributed by atoms with Crippen molar-refractivity contribution in [3.05, 3.63) is 163 Å². The van der Waals surface area contributed by atoms with Gasteiger partial charge in [0.1, 0.15) is 11.2 Å². The van der Waals surface area contributed by atoms with Gasteiger partial charge < -0.3 is 9.32 Å². The van der Waals surface area contributed by atoms with E-state index in [0.29, 0.717) is 0 Å². The summed E-state index contributed by atoms with van der Waals surface area (Å²) in [7, 11) is 0. The number of anilines is 3. The normalized spacial score (nSPS) is 13.3. The molecule has 1 aliphatic rings. The predicted molar refractivity (Wildman–Crippen MR) is 189 cm³/mol. The highest BCUT2D eigenvalue weighted by molar-refractivity contribution is 6.06. The van der Waals surface area contributed by atoms with Crippen LogP contribution in [0.15, 0.2) is 156 Å². The second-order valence-corrected chi connectivity index (χ2v) is 12.6. The highest BCUT2D eigenvalue weighted by Gasteiger charge is 2.36. The van der Waals surface area contributed by atoms with E-state index in [2.05, 4.69) is 158 Å². The van der Waals surface area contributed by atoms with Crippen LogP contribution in [0.2, 0.25) is 0 Å². The van der Waals surface area contributed by atoms with Gasteiger partial charge in [-0.05, 0) is 98.8 Å². The molecule has 0 saturated carbocycles. The van der Waals surface area contributed by atoms with Crippen molar-refractivity contribution in [2.24, 2.45) is 0 Å². The molecule has 214 valence electrons. The zero-order valence-corrected chi connectivity index (χ0v) is 25.3. The molecule has 0 amide bonds. The Labute approximate surface area is 262 Å². The van der Waals surface area contributed by atoms with Crippen LogP contribution in [0.4, 0.5) is 17.1 Å². The van der Waals surface area contributed by atoms with Crippen molar-refractivity contribution in [3.63, 3.8) is 0 Å². The van der Waals surface area contributed by atoms with E-state index in [1.807, 2.05) is 12.1 Å². The second-order valence-electron chi connectivity index (χ2n) is 12.6. The first kappa shape index (κ1) is 25.9. The van der Waals surface area contributed by atoms with Crippen molar-refractivity contribution in [1.29, 1.82) is 0 Å². The number of furan rings is 1. The maximum absolute atomic E-state index is 6.35. The number of benzene rings is 7. The topological polar surface area (TPSA) is 16.4 Å². The van der Waals surface area contributed by atoms with Crippen LogP contribution in [0.1, 0.15) is 25.0 Å². The van der Waals surface area contributed by atoms with Gasteiger partial charge in [0, 0.05) is 39.3 Å². The number of para-hydroxylation sites is 1. The van der Waals surface area contributed by atoms with Gasteiger partial charge in [0.15, 0.2) is 0 Å². The van der Waals surface area contributed by atoms with E-state index in [4.69, 9.17) is 4.42 Å². The second kappa shape index (κ2) is 9.70. The van der Waals surface area contributed by atoms with E-state index in [1.54, 1.807) is 0 Å². The largest absolute Gasteiger partial charge is 0.456 e. The number of rotatable bonds is 4. The lowest BCUT2D eigenvalue weighted by atomic mass is 9.82. The van der Waals surface area contributed by atoms with Crippen molar-refractivity contribution >= 4 is 49.8 Å². The molecule has 1 heterocycles. The summed E-state index contributed by atoms with van der Waals surface area (Å²) in [5.41, 5.74) is 12.8. The SMILES string of the molecule is CC1(C)c2ccc(N(c3ccc(-c4ccccc4)cc3)c3ccc4c(c3)oc3ccccc34)cc2-c2cc3ccccc3cc21. The van der Waals surface area contributed by atoms with E-state index in [-0.39, 0.29) is 5.41 Å². The molecule has 1 aliphatic carbocycles. The lowest BCUT2D eigenvalue weighted by molar-refractivity contribution is 0.661. The lowest BCUT2D eigenvalue weighted by Crippen LogP contribution is -2.15. The molecule has 2 nitrogen and oxygen atoms in total. The summed E-state index contributed by atoms with van der Waals surface area (Å²) in [5.74, 6) is 0. The van der Waals surface area contributed by atoms with Crippen LogP contribution in [0.5, 0.6) is 0 Å². The minimum absolute atomic E-state index is 0.0808. The molecule has 0 spiro atoms. The van der Waals surface area contributed by atoms with Crippen LogP contribution in [0, 0.1) is 0 Å². The van der Waals surface area contributed by atoms with Gasteiger partial charge in [0.2, 0.25) is 0 Å². The number of hydrogen-bond acceptors (Lipinski definition) is 2. The number of fused-ring (bicyclic) bond motifs is 7. The molecular weight excluding hydrogens is 546 g/mol. The van der Waals surface area contributed by atoms with Gasteiger partial charge in [-0.25, -0.2) is 0 Å². The summed E-state index contributed by atoms with van der Waals surface area (Å²) in [4.78, 5) is 2.35. The third-order valence-corrected chi connectivity index (χ3v) is 9.64. The maximum Gasteiger partial charge on any atom is 0.137 e. The van der Waals surface area contributed by atoms with Crippen molar-refractivity contribution in [1.82, 2.24) is 0 Å². The van der Waals surface area contributed by atoms with Gasteiger partial charge in [-0.2, -0.15) is 0 Å². The minimum Gasteiger partial charge on any atom is -0.456 e. The summed E-state index contributed by atoms with van der Waals surface area (Å²) in [6.07, 6.45) is 0. The first-order valence-corrected chi connectivity index (χ1v) is 15.6. The quantitative estimate of drug-likeness (QED) is 0.207. The van der Waals surface area contributed by atoms with Crippen LogP contribution >= 0.6 is 0 Å². The molecule has 45 heavy (non-hydrogen) atoms. The van der Waals surface area contributed by atoms with Gasteiger partial charge in [0.25, 0.3) is 0 Å². The van der Waals surface area contributed by atoms with Crippen LogP contribution in [-0.2, 0) is 5.41 Å². The lowest BCUT2D eigenvalue weighted by Gasteiger charge is -2.27. The number of hydrogen-bond donors (Lipinski definition) is 0. The first-order valence-electron chi connectivity index (χ1n) is 15.6. The molecule has 9 rings (SSSR count). The Hall–Kier alpha value is -5.60.